The summed E-state index contributed by atoms with van der Waals surface area (Å²) in [6.45, 7) is 3.71. The van der Waals surface area contributed by atoms with Gasteiger partial charge in [0.2, 0.25) is 0 Å². The van der Waals surface area contributed by atoms with E-state index >= 15 is 0 Å². The van der Waals surface area contributed by atoms with E-state index in [-0.39, 0.29) is 24.5 Å². The number of alkyl halides is 3. The fourth-order valence-electron chi connectivity index (χ4n) is 2.33. The van der Waals surface area contributed by atoms with E-state index in [1.165, 1.54) is 0 Å². The summed E-state index contributed by atoms with van der Waals surface area (Å²) in [7, 11) is 0. The summed E-state index contributed by atoms with van der Waals surface area (Å²) >= 11 is 0. The lowest BCUT2D eigenvalue weighted by Gasteiger charge is -2.24. The molecule has 19 heavy (non-hydrogen) atoms. The second-order valence-corrected chi connectivity index (χ2v) is 4.84. The van der Waals surface area contributed by atoms with E-state index in [4.69, 9.17) is 5.73 Å². The van der Waals surface area contributed by atoms with Gasteiger partial charge in [-0.25, -0.2) is 0 Å². The molecule has 0 spiro atoms. The first-order chi connectivity index (χ1) is 8.38. The minimum absolute atomic E-state index is 0. The van der Waals surface area contributed by atoms with Crippen LogP contribution in [0.2, 0.25) is 0 Å². The maximum atomic E-state index is 12.4. The lowest BCUT2D eigenvalue weighted by atomic mass is 10.0. The van der Waals surface area contributed by atoms with Crippen LogP contribution in [0.5, 0.6) is 0 Å². The van der Waals surface area contributed by atoms with Crippen LogP contribution in [0.4, 0.5) is 13.2 Å². The predicted molar refractivity (Wildman–Crippen MR) is 71.3 cm³/mol. The van der Waals surface area contributed by atoms with Crippen molar-refractivity contribution in [3.63, 3.8) is 0 Å². The molecule has 0 aliphatic carbocycles. The Balaban J connectivity index is 0.00000180. The fraction of sp³-hybridized carbons (Fsp3) is 0.538. The molecule has 0 amide bonds. The molecule has 1 aromatic rings. The molecule has 0 bridgehead atoms. The smallest absolute Gasteiger partial charge is 0.326 e. The average molecular weight is 295 g/mol. The van der Waals surface area contributed by atoms with Crippen molar-refractivity contribution in [2.75, 3.05) is 13.1 Å². The molecule has 1 aromatic carbocycles. The van der Waals surface area contributed by atoms with Gasteiger partial charge in [-0.1, -0.05) is 12.1 Å². The Morgan fingerprint density at radius 1 is 1.26 bits per heavy atom. The number of rotatable bonds is 2. The number of nitrogens with two attached hydrogens (primary N) is 1. The Bertz CT molecular complexity index is 405. The van der Waals surface area contributed by atoms with Crippen LogP contribution >= 0.6 is 12.4 Å². The minimum Gasteiger partial charge on any atom is -0.326 e. The van der Waals surface area contributed by atoms with E-state index in [1.54, 1.807) is 12.1 Å². The van der Waals surface area contributed by atoms with Gasteiger partial charge < -0.3 is 5.73 Å². The monoisotopic (exact) mass is 294 g/mol. The Kier molecular flexibility index (Phi) is 5.24. The molecule has 0 aromatic heterocycles. The van der Waals surface area contributed by atoms with Crippen LogP contribution in [0.1, 0.15) is 30.5 Å². The molecule has 2 unspecified atom stereocenters. The summed E-state index contributed by atoms with van der Waals surface area (Å²) in [6, 6.07) is 5.68. The summed E-state index contributed by atoms with van der Waals surface area (Å²) in [5.41, 5.74) is 6.13. The molecule has 2 N–H and O–H groups in total. The lowest BCUT2D eigenvalue weighted by Crippen LogP contribution is -2.28. The van der Waals surface area contributed by atoms with E-state index in [0.29, 0.717) is 0 Å². The molecule has 6 heteroatoms. The van der Waals surface area contributed by atoms with Crippen LogP contribution in [0, 0.1) is 0 Å². The molecule has 0 radical (unpaired) electrons. The highest BCUT2D eigenvalue weighted by Gasteiger charge is 2.30. The molecule has 0 saturated carbocycles. The third-order valence-electron chi connectivity index (χ3n) is 3.52. The average Bonchev–Trinajstić information content (AvgIpc) is 2.74. The van der Waals surface area contributed by atoms with Gasteiger partial charge >= 0.3 is 6.18 Å². The van der Waals surface area contributed by atoms with Crippen LogP contribution in [0.15, 0.2) is 24.3 Å². The van der Waals surface area contributed by atoms with Gasteiger partial charge in [0, 0.05) is 25.2 Å². The number of benzene rings is 1. The molecule has 108 valence electrons. The lowest BCUT2D eigenvalue weighted by molar-refractivity contribution is -0.137. The van der Waals surface area contributed by atoms with Crippen molar-refractivity contribution in [2.45, 2.75) is 31.6 Å². The molecular formula is C13H18ClF3N2. The summed E-state index contributed by atoms with van der Waals surface area (Å²) in [6.07, 6.45) is -3.32. The van der Waals surface area contributed by atoms with Crippen molar-refractivity contribution in [1.82, 2.24) is 4.90 Å². The Hall–Kier alpha value is -0.780. The molecule has 2 nitrogen and oxygen atoms in total. The fourth-order valence-corrected chi connectivity index (χ4v) is 2.33. The standard InChI is InChI=1S/C13H17F3N2.ClH/c1-9(18-7-6-12(17)8-18)10-2-4-11(5-3-10)13(14,15)16;/h2-5,9,12H,6-8,17H2,1H3;1H. The van der Waals surface area contributed by atoms with Gasteiger partial charge in [0.25, 0.3) is 0 Å². The molecule has 1 aliphatic heterocycles. The molecular weight excluding hydrogens is 277 g/mol. The van der Waals surface area contributed by atoms with E-state index < -0.39 is 11.7 Å². The maximum absolute atomic E-state index is 12.4. The van der Waals surface area contributed by atoms with Crippen molar-refractivity contribution in [3.05, 3.63) is 35.4 Å². The first-order valence-corrected chi connectivity index (χ1v) is 6.04. The topological polar surface area (TPSA) is 29.3 Å². The normalized spacial score (nSPS) is 22.1. The number of hydrogen-bond donors (Lipinski definition) is 1. The second-order valence-electron chi connectivity index (χ2n) is 4.84. The van der Waals surface area contributed by atoms with Crippen molar-refractivity contribution >= 4 is 12.4 Å². The van der Waals surface area contributed by atoms with E-state index in [9.17, 15) is 13.2 Å². The molecule has 1 aliphatic rings. The molecule has 1 saturated heterocycles. The van der Waals surface area contributed by atoms with Crippen molar-refractivity contribution < 1.29 is 13.2 Å². The molecule has 2 rings (SSSR count). The quantitative estimate of drug-likeness (QED) is 0.907. The van der Waals surface area contributed by atoms with E-state index in [2.05, 4.69) is 4.90 Å². The van der Waals surface area contributed by atoms with Gasteiger partial charge in [0.05, 0.1) is 5.56 Å². The van der Waals surface area contributed by atoms with E-state index in [0.717, 1.165) is 37.2 Å². The largest absolute Gasteiger partial charge is 0.416 e. The molecule has 2 atom stereocenters. The van der Waals surface area contributed by atoms with Crippen molar-refractivity contribution in [3.8, 4) is 0 Å². The SMILES string of the molecule is CC(c1ccc(C(F)(F)F)cc1)N1CCC(N)C1.Cl. The van der Waals surface area contributed by atoms with Crippen molar-refractivity contribution in [1.29, 1.82) is 0 Å². The van der Waals surface area contributed by atoms with Crippen LogP contribution in [-0.2, 0) is 6.18 Å². The summed E-state index contributed by atoms with van der Waals surface area (Å²) in [4.78, 5) is 2.20. The van der Waals surface area contributed by atoms with Crippen LogP contribution in [0.25, 0.3) is 0 Å². The van der Waals surface area contributed by atoms with Gasteiger partial charge in [0.15, 0.2) is 0 Å². The minimum atomic E-state index is -4.27. The second kappa shape index (κ2) is 6.11. The van der Waals surface area contributed by atoms with Gasteiger partial charge in [-0.2, -0.15) is 13.2 Å². The van der Waals surface area contributed by atoms with Crippen LogP contribution in [-0.4, -0.2) is 24.0 Å². The third kappa shape index (κ3) is 3.84. The Morgan fingerprint density at radius 2 is 1.84 bits per heavy atom. The number of likely N-dealkylation sites (tertiary alicyclic amines) is 1. The van der Waals surface area contributed by atoms with Gasteiger partial charge in [0.1, 0.15) is 0 Å². The number of hydrogen-bond acceptors (Lipinski definition) is 2. The predicted octanol–water partition coefficient (Wildman–Crippen LogP) is 3.22. The zero-order valence-electron chi connectivity index (χ0n) is 10.7. The summed E-state index contributed by atoms with van der Waals surface area (Å²) in [5.74, 6) is 0. The van der Waals surface area contributed by atoms with Gasteiger partial charge in [-0.15, -0.1) is 12.4 Å². The van der Waals surface area contributed by atoms with Crippen LogP contribution in [0.3, 0.4) is 0 Å². The zero-order valence-corrected chi connectivity index (χ0v) is 11.5. The number of nitrogens with zero attached hydrogens (tertiary/aromatic N) is 1. The van der Waals surface area contributed by atoms with Crippen LogP contribution < -0.4 is 5.73 Å². The highest BCUT2D eigenvalue weighted by atomic mass is 35.5. The summed E-state index contributed by atoms with van der Waals surface area (Å²) < 4.78 is 37.3. The Morgan fingerprint density at radius 3 is 2.26 bits per heavy atom. The first-order valence-electron chi connectivity index (χ1n) is 6.04. The molecule has 1 heterocycles. The molecule has 1 fully saturated rings. The van der Waals surface area contributed by atoms with Crippen molar-refractivity contribution in [2.24, 2.45) is 5.73 Å². The van der Waals surface area contributed by atoms with E-state index in [1.807, 2.05) is 6.92 Å². The summed E-state index contributed by atoms with van der Waals surface area (Å²) in [5, 5.41) is 0. The highest BCUT2D eigenvalue weighted by Crippen LogP contribution is 2.31. The first kappa shape index (κ1) is 16.3. The highest BCUT2D eigenvalue weighted by molar-refractivity contribution is 5.85. The van der Waals surface area contributed by atoms with Gasteiger partial charge in [-0.3, -0.25) is 4.90 Å². The number of halogens is 4. The zero-order chi connectivity index (χ0) is 13.3. The maximum Gasteiger partial charge on any atom is 0.416 e. The third-order valence-corrected chi connectivity index (χ3v) is 3.52. The van der Waals surface area contributed by atoms with Gasteiger partial charge in [-0.05, 0) is 31.0 Å². The Labute approximate surface area is 117 Å².